The number of thiocarbonyl (C=S) groups is 1. The number of nitrogens with one attached hydrogen (secondary N) is 3. The lowest BCUT2D eigenvalue weighted by molar-refractivity contribution is -0.384. The van der Waals surface area contributed by atoms with Crippen LogP contribution in [0.2, 0.25) is 0 Å². The Morgan fingerprint density at radius 1 is 1.17 bits per heavy atom. The molecule has 2 aromatic rings. The minimum Gasteiger partial charge on any atom is -0.496 e. The third-order valence-corrected chi connectivity index (χ3v) is 4.42. The van der Waals surface area contributed by atoms with Gasteiger partial charge in [-0.3, -0.25) is 14.9 Å². The average molecular weight is 478 g/mol. The van der Waals surface area contributed by atoms with Crippen LogP contribution in [-0.4, -0.2) is 33.0 Å². The molecule has 2 aromatic carbocycles. The number of benzene rings is 2. The zero-order valence-electron chi connectivity index (χ0n) is 14.8. The maximum Gasteiger partial charge on any atom is 0.271 e. The van der Waals surface area contributed by atoms with E-state index in [2.05, 4.69) is 16.0 Å². The standard InChI is InChI=1S/C17H15Cl3N4O4S/c1-28-13-8-3-2-7-12(13)14(25)22-15(17(18,19)20)23-16(29)21-10-5-4-6-11(9-10)24(26)27/h2-9,15H,1H3,(H,22,25)(H2,21,23,29). The van der Waals surface area contributed by atoms with E-state index < -0.39 is 20.8 Å². The number of carbonyl (C=O) groups is 1. The summed E-state index contributed by atoms with van der Waals surface area (Å²) in [6.45, 7) is 0. The quantitative estimate of drug-likeness (QED) is 0.190. The lowest BCUT2D eigenvalue weighted by Crippen LogP contribution is -2.56. The summed E-state index contributed by atoms with van der Waals surface area (Å²) in [6, 6.07) is 12.2. The normalized spacial score (nSPS) is 11.9. The summed E-state index contributed by atoms with van der Waals surface area (Å²) in [5.74, 6) is -0.227. The van der Waals surface area contributed by atoms with Crippen molar-refractivity contribution in [3.63, 3.8) is 0 Å². The van der Waals surface area contributed by atoms with Crippen LogP contribution in [0.4, 0.5) is 11.4 Å². The predicted molar refractivity (Wildman–Crippen MR) is 117 cm³/mol. The Morgan fingerprint density at radius 3 is 2.48 bits per heavy atom. The molecule has 0 aliphatic carbocycles. The van der Waals surface area contributed by atoms with Gasteiger partial charge >= 0.3 is 0 Å². The topological polar surface area (TPSA) is 106 Å². The summed E-state index contributed by atoms with van der Waals surface area (Å²) in [4.78, 5) is 22.9. The molecule has 1 amide bonds. The van der Waals surface area contributed by atoms with Gasteiger partial charge in [0.15, 0.2) is 5.11 Å². The van der Waals surface area contributed by atoms with Crippen LogP contribution in [0.15, 0.2) is 48.5 Å². The number of para-hydroxylation sites is 1. The van der Waals surface area contributed by atoms with E-state index >= 15 is 0 Å². The molecule has 154 valence electrons. The molecule has 8 nitrogen and oxygen atoms in total. The van der Waals surface area contributed by atoms with E-state index in [1.54, 1.807) is 30.3 Å². The van der Waals surface area contributed by atoms with Gasteiger partial charge < -0.3 is 20.7 Å². The molecule has 12 heteroatoms. The van der Waals surface area contributed by atoms with E-state index in [-0.39, 0.29) is 16.4 Å². The third-order valence-electron chi connectivity index (χ3n) is 3.54. The highest BCUT2D eigenvalue weighted by atomic mass is 35.6. The number of ether oxygens (including phenoxy) is 1. The van der Waals surface area contributed by atoms with Gasteiger partial charge in [-0.25, -0.2) is 0 Å². The van der Waals surface area contributed by atoms with Gasteiger partial charge in [0.25, 0.3) is 11.6 Å². The second-order valence-electron chi connectivity index (χ2n) is 5.55. The molecule has 29 heavy (non-hydrogen) atoms. The van der Waals surface area contributed by atoms with Crippen molar-refractivity contribution in [1.29, 1.82) is 0 Å². The predicted octanol–water partition coefficient (Wildman–Crippen LogP) is 4.02. The highest BCUT2D eigenvalue weighted by Gasteiger charge is 2.35. The van der Waals surface area contributed by atoms with E-state index in [1.807, 2.05) is 0 Å². The van der Waals surface area contributed by atoms with Crippen molar-refractivity contribution in [1.82, 2.24) is 10.6 Å². The van der Waals surface area contributed by atoms with E-state index in [9.17, 15) is 14.9 Å². The molecule has 0 bridgehead atoms. The number of hydrogen-bond acceptors (Lipinski definition) is 5. The molecule has 0 fully saturated rings. The van der Waals surface area contributed by atoms with Crippen molar-refractivity contribution in [3.05, 3.63) is 64.2 Å². The van der Waals surface area contributed by atoms with Crippen LogP contribution < -0.4 is 20.7 Å². The van der Waals surface area contributed by atoms with Crippen LogP contribution in [0, 0.1) is 10.1 Å². The summed E-state index contributed by atoms with van der Waals surface area (Å²) in [6.07, 6.45) is -1.22. The number of hydrogen-bond donors (Lipinski definition) is 3. The highest BCUT2D eigenvalue weighted by Crippen LogP contribution is 2.30. The molecule has 0 heterocycles. The molecule has 0 radical (unpaired) electrons. The van der Waals surface area contributed by atoms with E-state index in [0.29, 0.717) is 11.4 Å². The van der Waals surface area contributed by atoms with Crippen molar-refractivity contribution in [2.24, 2.45) is 0 Å². The van der Waals surface area contributed by atoms with Crippen LogP contribution >= 0.6 is 47.0 Å². The van der Waals surface area contributed by atoms with Crippen LogP contribution in [-0.2, 0) is 0 Å². The second-order valence-corrected chi connectivity index (χ2v) is 8.33. The van der Waals surface area contributed by atoms with E-state index in [0.717, 1.165) is 0 Å². The van der Waals surface area contributed by atoms with Gasteiger partial charge in [0.05, 0.1) is 17.6 Å². The second kappa shape index (κ2) is 9.93. The molecule has 0 aliphatic rings. The molecule has 2 rings (SSSR count). The SMILES string of the molecule is COc1ccccc1C(=O)NC(NC(=S)Nc1cccc([N+](=O)[O-])c1)C(Cl)(Cl)Cl. The number of methoxy groups -OCH3 is 1. The Balaban J connectivity index is 2.13. The number of carbonyl (C=O) groups excluding carboxylic acids is 1. The third kappa shape index (κ3) is 6.60. The Kier molecular flexibility index (Phi) is 7.86. The fourth-order valence-electron chi connectivity index (χ4n) is 2.24. The highest BCUT2D eigenvalue weighted by molar-refractivity contribution is 7.80. The fraction of sp³-hybridized carbons (Fsp3) is 0.176. The van der Waals surface area contributed by atoms with Crippen molar-refractivity contribution >= 4 is 69.4 Å². The average Bonchev–Trinajstić information content (AvgIpc) is 2.66. The number of rotatable bonds is 6. The molecule has 0 saturated carbocycles. The number of nitro benzene ring substituents is 1. The Hall–Kier alpha value is -2.33. The lowest BCUT2D eigenvalue weighted by atomic mass is 10.2. The fourth-order valence-corrected chi connectivity index (χ4v) is 2.80. The summed E-state index contributed by atoms with van der Waals surface area (Å²) < 4.78 is 3.18. The molecule has 1 atom stereocenters. The minimum atomic E-state index is -1.97. The summed E-state index contributed by atoms with van der Waals surface area (Å²) in [5, 5.41) is 18.8. The Bertz CT molecular complexity index is 924. The molecular formula is C17H15Cl3N4O4S. The zero-order chi connectivity index (χ0) is 21.6. The van der Waals surface area contributed by atoms with Gasteiger partial charge in [0.2, 0.25) is 3.79 Å². The molecule has 0 spiro atoms. The van der Waals surface area contributed by atoms with Crippen molar-refractivity contribution < 1.29 is 14.5 Å². The first-order valence-corrected chi connectivity index (χ1v) is 9.48. The number of nitrogens with zero attached hydrogens (tertiary/aromatic N) is 1. The number of non-ortho nitro benzene ring substituents is 1. The number of halogens is 3. The Morgan fingerprint density at radius 2 is 1.86 bits per heavy atom. The van der Waals surface area contributed by atoms with Gasteiger partial charge in [0.1, 0.15) is 11.9 Å². The first kappa shape index (κ1) is 23.0. The van der Waals surface area contributed by atoms with Crippen molar-refractivity contribution in [3.8, 4) is 5.75 Å². The number of alkyl halides is 3. The van der Waals surface area contributed by atoms with E-state index in [1.165, 1.54) is 25.3 Å². The largest absolute Gasteiger partial charge is 0.496 e. The van der Waals surface area contributed by atoms with Gasteiger partial charge in [-0.15, -0.1) is 0 Å². The van der Waals surface area contributed by atoms with Gasteiger partial charge in [-0.2, -0.15) is 0 Å². The minimum absolute atomic E-state index is 0.0258. The molecule has 1 unspecified atom stereocenters. The van der Waals surface area contributed by atoms with Crippen molar-refractivity contribution in [2.45, 2.75) is 9.96 Å². The van der Waals surface area contributed by atoms with Crippen LogP contribution in [0.25, 0.3) is 0 Å². The van der Waals surface area contributed by atoms with Crippen LogP contribution in [0.1, 0.15) is 10.4 Å². The molecule has 0 aromatic heterocycles. The smallest absolute Gasteiger partial charge is 0.271 e. The molecule has 0 aliphatic heterocycles. The first-order valence-electron chi connectivity index (χ1n) is 7.94. The molecule has 0 saturated heterocycles. The van der Waals surface area contributed by atoms with Crippen LogP contribution in [0.5, 0.6) is 5.75 Å². The first-order chi connectivity index (χ1) is 13.6. The lowest BCUT2D eigenvalue weighted by Gasteiger charge is -2.28. The number of nitro groups is 1. The van der Waals surface area contributed by atoms with Crippen molar-refractivity contribution in [2.75, 3.05) is 12.4 Å². The maximum absolute atomic E-state index is 12.6. The molecular weight excluding hydrogens is 463 g/mol. The van der Waals surface area contributed by atoms with Gasteiger partial charge in [-0.05, 0) is 30.4 Å². The van der Waals surface area contributed by atoms with Gasteiger partial charge in [-0.1, -0.05) is 53.0 Å². The zero-order valence-corrected chi connectivity index (χ0v) is 17.9. The van der Waals surface area contributed by atoms with E-state index in [4.69, 9.17) is 51.8 Å². The van der Waals surface area contributed by atoms with Gasteiger partial charge in [0, 0.05) is 17.8 Å². The monoisotopic (exact) mass is 476 g/mol. The summed E-state index contributed by atoms with van der Waals surface area (Å²) in [5.41, 5.74) is 0.449. The van der Waals surface area contributed by atoms with Crippen LogP contribution in [0.3, 0.4) is 0 Å². The summed E-state index contributed by atoms with van der Waals surface area (Å²) >= 11 is 23.1. The number of anilines is 1. The Labute approximate surface area is 186 Å². The molecule has 3 N–H and O–H groups in total. The maximum atomic E-state index is 12.6. The summed E-state index contributed by atoms with van der Waals surface area (Å²) in [7, 11) is 1.43. The number of amides is 1.